The number of halogens is 4. The molecule has 0 aliphatic heterocycles. The maximum Gasteiger partial charge on any atom is 0.416 e. The molecule has 6 nitrogen and oxygen atoms in total. The molecule has 2 heterocycles. The Balaban J connectivity index is 0.00000261. The SMILES string of the molecule is Cn1nnnc1SCCNCc1ccc(-c2cccc(C(F)(F)F)c2)o1.[Cl-]. The van der Waals surface area contributed by atoms with Gasteiger partial charge in [-0.15, -0.1) is 5.10 Å². The van der Waals surface area contributed by atoms with Gasteiger partial charge in [0.15, 0.2) is 0 Å². The first-order valence-corrected chi connectivity index (χ1v) is 8.74. The van der Waals surface area contributed by atoms with Crippen LogP contribution in [0.15, 0.2) is 46.0 Å². The second-order valence-electron chi connectivity index (χ2n) is 5.45. The van der Waals surface area contributed by atoms with Gasteiger partial charge in [-0.3, -0.25) is 0 Å². The predicted molar refractivity (Wildman–Crippen MR) is 90.4 cm³/mol. The molecular formula is C16H16ClF3N5OS-. The first kappa shape index (κ1) is 21.3. The second-order valence-corrected chi connectivity index (χ2v) is 6.52. The Morgan fingerprint density at radius 2 is 2.04 bits per heavy atom. The van der Waals surface area contributed by atoms with Crippen molar-refractivity contribution in [3.63, 3.8) is 0 Å². The number of aromatic nitrogens is 4. The lowest BCUT2D eigenvalue weighted by Crippen LogP contribution is -3.00. The average Bonchev–Trinajstić information content (AvgIpc) is 3.23. The zero-order valence-electron chi connectivity index (χ0n) is 14.2. The lowest BCUT2D eigenvalue weighted by atomic mass is 10.1. The molecule has 0 atom stereocenters. The summed E-state index contributed by atoms with van der Waals surface area (Å²) in [4.78, 5) is 0. The second kappa shape index (κ2) is 9.25. The van der Waals surface area contributed by atoms with Gasteiger partial charge in [0.2, 0.25) is 5.16 Å². The summed E-state index contributed by atoms with van der Waals surface area (Å²) in [5.41, 5.74) is -0.294. The van der Waals surface area contributed by atoms with E-state index in [-0.39, 0.29) is 12.4 Å². The number of furan rings is 1. The van der Waals surface area contributed by atoms with Gasteiger partial charge < -0.3 is 22.1 Å². The van der Waals surface area contributed by atoms with E-state index >= 15 is 0 Å². The number of benzene rings is 1. The van der Waals surface area contributed by atoms with Crippen molar-refractivity contribution >= 4 is 11.8 Å². The third-order valence-corrected chi connectivity index (χ3v) is 4.54. The average molecular weight is 419 g/mol. The zero-order valence-corrected chi connectivity index (χ0v) is 15.8. The first-order valence-electron chi connectivity index (χ1n) is 7.76. The highest BCUT2D eigenvalue weighted by atomic mass is 35.5. The van der Waals surface area contributed by atoms with Gasteiger partial charge in [-0.1, -0.05) is 23.9 Å². The van der Waals surface area contributed by atoms with E-state index in [4.69, 9.17) is 4.42 Å². The topological polar surface area (TPSA) is 68.8 Å². The fraction of sp³-hybridized carbons (Fsp3) is 0.312. The molecule has 27 heavy (non-hydrogen) atoms. The van der Waals surface area contributed by atoms with Crippen molar-refractivity contribution in [1.82, 2.24) is 25.5 Å². The van der Waals surface area contributed by atoms with E-state index in [0.717, 1.165) is 23.0 Å². The van der Waals surface area contributed by atoms with Crippen LogP contribution in [0.3, 0.4) is 0 Å². The molecule has 146 valence electrons. The van der Waals surface area contributed by atoms with E-state index < -0.39 is 11.7 Å². The van der Waals surface area contributed by atoms with Gasteiger partial charge >= 0.3 is 6.18 Å². The molecule has 3 rings (SSSR count). The van der Waals surface area contributed by atoms with Crippen molar-refractivity contribution in [2.75, 3.05) is 12.3 Å². The van der Waals surface area contributed by atoms with E-state index in [1.807, 2.05) is 0 Å². The van der Waals surface area contributed by atoms with Crippen LogP contribution >= 0.6 is 11.8 Å². The molecule has 0 radical (unpaired) electrons. The van der Waals surface area contributed by atoms with E-state index in [0.29, 0.717) is 30.2 Å². The highest BCUT2D eigenvalue weighted by molar-refractivity contribution is 7.99. The Kier molecular flexibility index (Phi) is 7.28. The number of alkyl halides is 3. The number of thioether (sulfide) groups is 1. The van der Waals surface area contributed by atoms with Gasteiger partial charge in [0.25, 0.3) is 0 Å². The zero-order chi connectivity index (χ0) is 18.6. The summed E-state index contributed by atoms with van der Waals surface area (Å²) in [7, 11) is 1.77. The van der Waals surface area contributed by atoms with Crippen LogP contribution in [-0.4, -0.2) is 32.5 Å². The molecule has 0 aliphatic rings. The van der Waals surface area contributed by atoms with Gasteiger partial charge in [0, 0.05) is 24.9 Å². The number of tetrazole rings is 1. The molecule has 0 spiro atoms. The maximum atomic E-state index is 12.8. The van der Waals surface area contributed by atoms with Crippen LogP contribution < -0.4 is 17.7 Å². The molecule has 0 saturated heterocycles. The molecule has 1 aromatic carbocycles. The lowest BCUT2D eigenvalue weighted by Gasteiger charge is -2.07. The van der Waals surface area contributed by atoms with Crippen molar-refractivity contribution in [3.8, 4) is 11.3 Å². The Morgan fingerprint density at radius 3 is 2.74 bits per heavy atom. The molecule has 11 heteroatoms. The van der Waals surface area contributed by atoms with Gasteiger partial charge in [-0.05, 0) is 34.7 Å². The van der Waals surface area contributed by atoms with Crippen LogP contribution in [0.25, 0.3) is 11.3 Å². The molecular weight excluding hydrogens is 403 g/mol. The minimum absolute atomic E-state index is 0. The summed E-state index contributed by atoms with van der Waals surface area (Å²) in [6.45, 7) is 1.19. The molecule has 0 bridgehead atoms. The van der Waals surface area contributed by atoms with E-state index in [1.54, 1.807) is 29.9 Å². The van der Waals surface area contributed by atoms with Gasteiger partial charge in [-0.25, -0.2) is 4.68 Å². The summed E-state index contributed by atoms with van der Waals surface area (Å²) in [6.07, 6.45) is -4.37. The molecule has 3 aromatic rings. The van der Waals surface area contributed by atoms with Crippen LogP contribution in [-0.2, 0) is 19.8 Å². The Labute approximate surface area is 163 Å². The van der Waals surface area contributed by atoms with Crippen LogP contribution in [0.1, 0.15) is 11.3 Å². The maximum absolute atomic E-state index is 12.8. The summed E-state index contributed by atoms with van der Waals surface area (Å²) < 4.78 is 45.6. The number of hydrogen-bond acceptors (Lipinski definition) is 6. The third-order valence-electron chi connectivity index (χ3n) is 3.53. The fourth-order valence-corrected chi connectivity index (χ4v) is 2.99. The van der Waals surface area contributed by atoms with E-state index in [1.165, 1.54) is 17.8 Å². The van der Waals surface area contributed by atoms with E-state index in [9.17, 15) is 13.2 Å². The normalized spacial score (nSPS) is 11.4. The molecule has 1 N–H and O–H groups in total. The summed E-state index contributed by atoms with van der Waals surface area (Å²) in [5.74, 6) is 1.84. The van der Waals surface area contributed by atoms with E-state index in [2.05, 4.69) is 20.8 Å². The smallest absolute Gasteiger partial charge is 0.416 e. The number of rotatable bonds is 7. The predicted octanol–water partition coefficient (Wildman–Crippen LogP) is 0.375. The van der Waals surface area contributed by atoms with Crippen LogP contribution in [0.5, 0.6) is 0 Å². The van der Waals surface area contributed by atoms with Crippen molar-refractivity contribution in [3.05, 3.63) is 47.7 Å². The minimum Gasteiger partial charge on any atom is -1.00 e. The quantitative estimate of drug-likeness (QED) is 0.442. The number of hydrogen-bond donors (Lipinski definition) is 1. The third kappa shape index (κ3) is 5.72. The highest BCUT2D eigenvalue weighted by Crippen LogP contribution is 2.32. The standard InChI is InChI=1S/C16H16F3N5OS.ClH/c1-24-15(21-22-23-24)26-8-7-20-10-13-5-6-14(25-13)11-3-2-4-12(9-11)16(17,18)19;/h2-6,9,20H,7-8,10H2,1H3;1H/p-1. The highest BCUT2D eigenvalue weighted by Gasteiger charge is 2.30. The Bertz CT molecular complexity index is 868. The lowest BCUT2D eigenvalue weighted by molar-refractivity contribution is -0.137. The first-order chi connectivity index (χ1) is 12.4. The van der Waals surface area contributed by atoms with Crippen LogP contribution in [0.2, 0.25) is 0 Å². The molecule has 2 aromatic heterocycles. The van der Waals surface area contributed by atoms with Crippen molar-refractivity contribution in [2.45, 2.75) is 17.9 Å². The van der Waals surface area contributed by atoms with Gasteiger partial charge in [0.05, 0.1) is 12.1 Å². The fourth-order valence-electron chi connectivity index (χ4n) is 2.25. The molecule has 0 aliphatic carbocycles. The van der Waals surface area contributed by atoms with Gasteiger partial charge in [0.1, 0.15) is 11.5 Å². The molecule has 0 saturated carbocycles. The number of nitrogens with one attached hydrogen (secondary N) is 1. The van der Waals surface area contributed by atoms with Crippen molar-refractivity contribution < 1.29 is 30.0 Å². The van der Waals surface area contributed by atoms with Crippen LogP contribution in [0, 0.1) is 0 Å². The molecule has 0 unspecified atom stereocenters. The van der Waals surface area contributed by atoms with Crippen molar-refractivity contribution in [2.24, 2.45) is 7.05 Å². The number of nitrogens with zero attached hydrogens (tertiary/aromatic N) is 4. The monoisotopic (exact) mass is 418 g/mol. The van der Waals surface area contributed by atoms with Gasteiger partial charge in [-0.2, -0.15) is 13.2 Å². The summed E-state index contributed by atoms with van der Waals surface area (Å²) >= 11 is 1.52. The Morgan fingerprint density at radius 1 is 1.22 bits per heavy atom. The summed E-state index contributed by atoms with van der Waals surface area (Å²) in [5, 5.41) is 15.1. The van der Waals surface area contributed by atoms with Crippen molar-refractivity contribution in [1.29, 1.82) is 0 Å². The largest absolute Gasteiger partial charge is 1.00 e. The van der Waals surface area contributed by atoms with Crippen LogP contribution in [0.4, 0.5) is 13.2 Å². The minimum atomic E-state index is -4.37. The number of aryl methyl sites for hydroxylation is 1. The molecule has 0 fully saturated rings. The molecule has 0 amide bonds. The summed E-state index contributed by atoms with van der Waals surface area (Å²) in [6, 6.07) is 8.52. The Hall–Kier alpha value is -2.04.